The quantitative estimate of drug-likeness (QED) is 0.366. The van der Waals surface area contributed by atoms with E-state index < -0.39 is 23.5 Å². The molecule has 1 aliphatic heterocycles. The fourth-order valence-corrected chi connectivity index (χ4v) is 4.26. The lowest BCUT2D eigenvalue weighted by atomic mass is 9.94. The Kier molecular flexibility index (Phi) is 7.33. The number of aliphatic hydroxyl groups excluding tert-OH is 1. The molecule has 0 aliphatic carbocycles. The lowest BCUT2D eigenvalue weighted by Gasteiger charge is -2.25. The highest BCUT2D eigenvalue weighted by Crippen LogP contribution is 2.43. The molecule has 0 spiro atoms. The second-order valence-electron chi connectivity index (χ2n) is 7.44. The first-order valence-corrected chi connectivity index (χ1v) is 10.5. The van der Waals surface area contributed by atoms with Crippen LogP contribution in [0.4, 0.5) is 5.69 Å². The summed E-state index contributed by atoms with van der Waals surface area (Å²) in [5.74, 6) is -1.79. The molecule has 1 heterocycles. The molecule has 1 saturated heterocycles. The van der Waals surface area contributed by atoms with Gasteiger partial charge >= 0.3 is 0 Å². The number of benzene rings is 2. The minimum absolute atomic E-state index is 0.0691. The molecular formula is C23H24Cl2N2O5. The maximum absolute atomic E-state index is 13.1. The zero-order chi connectivity index (χ0) is 23.6. The van der Waals surface area contributed by atoms with E-state index in [1.807, 2.05) is 43.3 Å². The van der Waals surface area contributed by atoms with Crippen LogP contribution >= 0.6 is 23.2 Å². The standard InChI is InChI=1S/C23H24Cl2N2O5/c1-26(2)15-7-5-13(6-8-15)19-18(21(29)23(30)27(19)9-10-31-3)20(28)16-11-14(24)12-17(25)22(16)32-4/h5-8,11-12,19,28H,9-10H2,1-4H3/b20-18+. The van der Waals surface area contributed by atoms with Crippen LogP contribution in [0.2, 0.25) is 10.0 Å². The van der Waals surface area contributed by atoms with Crippen molar-refractivity contribution in [2.45, 2.75) is 6.04 Å². The smallest absolute Gasteiger partial charge is 0.295 e. The van der Waals surface area contributed by atoms with E-state index in [1.165, 1.54) is 31.3 Å². The number of rotatable bonds is 7. The van der Waals surface area contributed by atoms with Crippen molar-refractivity contribution < 1.29 is 24.2 Å². The summed E-state index contributed by atoms with van der Waals surface area (Å²) in [6.45, 7) is 0.400. The molecule has 1 N–H and O–H groups in total. The summed E-state index contributed by atoms with van der Waals surface area (Å²) in [5, 5.41) is 11.6. The van der Waals surface area contributed by atoms with Crippen LogP contribution in [-0.4, -0.2) is 63.2 Å². The predicted octanol–water partition coefficient (Wildman–Crippen LogP) is 4.14. The van der Waals surface area contributed by atoms with Crippen molar-refractivity contribution in [2.24, 2.45) is 0 Å². The Morgan fingerprint density at radius 3 is 2.34 bits per heavy atom. The lowest BCUT2D eigenvalue weighted by Crippen LogP contribution is -2.32. The Labute approximate surface area is 196 Å². The van der Waals surface area contributed by atoms with E-state index in [4.69, 9.17) is 32.7 Å². The minimum Gasteiger partial charge on any atom is -0.507 e. The molecule has 32 heavy (non-hydrogen) atoms. The normalized spacial score (nSPS) is 17.7. The van der Waals surface area contributed by atoms with E-state index in [0.717, 1.165) is 5.69 Å². The van der Waals surface area contributed by atoms with Crippen LogP contribution in [0.15, 0.2) is 42.0 Å². The minimum atomic E-state index is -0.816. The number of likely N-dealkylation sites (tertiary alicyclic amines) is 1. The van der Waals surface area contributed by atoms with Crippen LogP contribution < -0.4 is 9.64 Å². The lowest BCUT2D eigenvalue weighted by molar-refractivity contribution is -0.140. The molecule has 2 aromatic carbocycles. The Balaban J connectivity index is 2.23. The zero-order valence-electron chi connectivity index (χ0n) is 18.2. The second-order valence-corrected chi connectivity index (χ2v) is 8.28. The number of amides is 1. The fourth-order valence-electron chi connectivity index (χ4n) is 3.69. The van der Waals surface area contributed by atoms with Gasteiger partial charge in [0.15, 0.2) is 0 Å². The van der Waals surface area contributed by atoms with E-state index in [1.54, 1.807) is 0 Å². The number of carbonyl (C=O) groups excluding carboxylic acids is 2. The van der Waals surface area contributed by atoms with Gasteiger partial charge in [0.05, 0.1) is 35.9 Å². The van der Waals surface area contributed by atoms with Crippen LogP contribution in [0, 0.1) is 0 Å². The molecule has 2 aromatic rings. The number of anilines is 1. The van der Waals surface area contributed by atoms with Gasteiger partial charge in [0.25, 0.3) is 11.7 Å². The van der Waals surface area contributed by atoms with Gasteiger partial charge in [-0.3, -0.25) is 9.59 Å². The molecule has 0 saturated carbocycles. The van der Waals surface area contributed by atoms with Gasteiger partial charge < -0.3 is 24.4 Å². The molecular weight excluding hydrogens is 455 g/mol. The van der Waals surface area contributed by atoms with Crippen molar-refractivity contribution in [1.82, 2.24) is 4.90 Å². The largest absolute Gasteiger partial charge is 0.507 e. The molecule has 3 rings (SSSR count). The summed E-state index contributed by atoms with van der Waals surface area (Å²) in [7, 11) is 6.72. The van der Waals surface area contributed by atoms with E-state index in [0.29, 0.717) is 5.56 Å². The van der Waals surface area contributed by atoms with E-state index in [-0.39, 0.29) is 40.1 Å². The number of nitrogens with zero attached hydrogens (tertiary/aromatic N) is 2. The summed E-state index contributed by atoms with van der Waals surface area (Å²) in [6, 6.07) is 9.49. The first kappa shape index (κ1) is 23.9. The summed E-state index contributed by atoms with van der Waals surface area (Å²) in [5.41, 5.74) is 1.68. The fraction of sp³-hybridized carbons (Fsp3) is 0.304. The van der Waals surface area contributed by atoms with Crippen LogP contribution in [0.3, 0.4) is 0 Å². The molecule has 170 valence electrons. The van der Waals surface area contributed by atoms with Crippen molar-refractivity contribution in [3.63, 3.8) is 0 Å². The SMILES string of the molecule is COCCN1C(=O)C(=O)/C(=C(/O)c2cc(Cl)cc(Cl)c2OC)C1c1ccc(N(C)C)cc1. The molecule has 7 nitrogen and oxygen atoms in total. The number of aliphatic hydroxyl groups is 1. The van der Waals surface area contributed by atoms with Gasteiger partial charge in [-0.25, -0.2) is 0 Å². The van der Waals surface area contributed by atoms with Gasteiger partial charge in [0.2, 0.25) is 0 Å². The maximum Gasteiger partial charge on any atom is 0.295 e. The summed E-state index contributed by atoms with van der Waals surface area (Å²) >= 11 is 12.4. The number of halogens is 2. The Hall–Kier alpha value is -2.74. The second kappa shape index (κ2) is 9.81. The highest BCUT2D eigenvalue weighted by molar-refractivity contribution is 6.46. The van der Waals surface area contributed by atoms with Crippen molar-refractivity contribution in [3.05, 3.63) is 63.1 Å². The number of ether oxygens (including phenoxy) is 2. The maximum atomic E-state index is 13.1. The number of hydrogen-bond acceptors (Lipinski definition) is 6. The third-order valence-corrected chi connectivity index (χ3v) is 5.77. The molecule has 0 radical (unpaired) electrons. The number of carbonyl (C=O) groups is 2. The molecule has 9 heteroatoms. The highest BCUT2D eigenvalue weighted by Gasteiger charge is 2.46. The molecule has 0 bridgehead atoms. The predicted molar refractivity (Wildman–Crippen MR) is 125 cm³/mol. The molecule has 1 atom stereocenters. The Bertz CT molecular complexity index is 1070. The first-order chi connectivity index (χ1) is 15.2. The molecule has 1 amide bonds. The van der Waals surface area contributed by atoms with Crippen LogP contribution in [0.5, 0.6) is 5.75 Å². The Morgan fingerprint density at radius 2 is 1.78 bits per heavy atom. The van der Waals surface area contributed by atoms with Crippen molar-refractivity contribution in [2.75, 3.05) is 46.4 Å². The highest BCUT2D eigenvalue weighted by atomic mass is 35.5. The average Bonchev–Trinajstić information content (AvgIpc) is 3.01. The van der Waals surface area contributed by atoms with Gasteiger partial charge in [0.1, 0.15) is 11.5 Å². The van der Waals surface area contributed by atoms with E-state index in [2.05, 4.69) is 0 Å². The van der Waals surface area contributed by atoms with Crippen LogP contribution in [-0.2, 0) is 14.3 Å². The zero-order valence-corrected chi connectivity index (χ0v) is 19.7. The summed E-state index contributed by atoms with van der Waals surface area (Å²) in [6.07, 6.45) is 0. The van der Waals surface area contributed by atoms with Gasteiger partial charge in [0, 0.05) is 38.5 Å². The number of Topliss-reactive ketones (excluding diaryl/α,β-unsaturated/α-hetero) is 1. The molecule has 0 aromatic heterocycles. The topological polar surface area (TPSA) is 79.3 Å². The van der Waals surface area contributed by atoms with Crippen molar-refractivity contribution in [3.8, 4) is 5.75 Å². The third-order valence-electron chi connectivity index (χ3n) is 5.27. The van der Waals surface area contributed by atoms with Gasteiger partial charge in [-0.05, 0) is 29.8 Å². The number of methoxy groups -OCH3 is 2. The van der Waals surface area contributed by atoms with Crippen LogP contribution in [0.1, 0.15) is 17.2 Å². The first-order valence-electron chi connectivity index (χ1n) is 9.79. The molecule has 1 aliphatic rings. The molecule has 1 unspecified atom stereocenters. The number of ketones is 1. The Morgan fingerprint density at radius 1 is 1.12 bits per heavy atom. The van der Waals surface area contributed by atoms with Gasteiger partial charge in [-0.1, -0.05) is 35.3 Å². The van der Waals surface area contributed by atoms with E-state index in [9.17, 15) is 14.7 Å². The monoisotopic (exact) mass is 478 g/mol. The van der Waals surface area contributed by atoms with Crippen molar-refractivity contribution >= 4 is 46.3 Å². The van der Waals surface area contributed by atoms with E-state index >= 15 is 0 Å². The average molecular weight is 479 g/mol. The summed E-state index contributed by atoms with van der Waals surface area (Å²) in [4.78, 5) is 29.3. The van der Waals surface area contributed by atoms with Gasteiger partial charge in [-0.2, -0.15) is 0 Å². The van der Waals surface area contributed by atoms with Crippen molar-refractivity contribution in [1.29, 1.82) is 0 Å². The van der Waals surface area contributed by atoms with Gasteiger partial charge in [-0.15, -0.1) is 0 Å². The number of hydrogen-bond donors (Lipinski definition) is 1. The third kappa shape index (κ3) is 4.41. The molecule has 1 fully saturated rings. The summed E-state index contributed by atoms with van der Waals surface area (Å²) < 4.78 is 10.5. The van der Waals surface area contributed by atoms with Crippen LogP contribution in [0.25, 0.3) is 5.76 Å².